The summed E-state index contributed by atoms with van der Waals surface area (Å²) in [6.07, 6.45) is 6.78. The zero-order valence-electron chi connectivity index (χ0n) is 22.5. The van der Waals surface area contributed by atoms with E-state index in [9.17, 15) is 4.79 Å². The molecular weight excluding hydrogens is 476 g/mol. The van der Waals surface area contributed by atoms with E-state index in [-0.39, 0.29) is 24.3 Å². The van der Waals surface area contributed by atoms with E-state index in [1.54, 1.807) is 6.33 Å². The second-order valence-corrected chi connectivity index (χ2v) is 11.2. The smallest absolute Gasteiger partial charge is 0.305 e. The Kier molecular flexibility index (Phi) is 7.41. The van der Waals surface area contributed by atoms with E-state index in [1.165, 1.54) is 6.33 Å². The van der Waals surface area contributed by atoms with Gasteiger partial charge in [0, 0.05) is 25.0 Å². The molecule has 11 nitrogen and oxygen atoms in total. The van der Waals surface area contributed by atoms with E-state index >= 15 is 0 Å². The summed E-state index contributed by atoms with van der Waals surface area (Å²) in [7, 11) is 0. The molecule has 2 aromatic heterocycles. The third-order valence-electron chi connectivity index (χ3n) is 7.82. The fourth-order valence-electron chi connectivity index (χ4n) is 6.05. The lowest BCUT2D eigenvalue weighted by molar-refractivity contribution is -0.199. The van der Waals surface area contributed by atoms with Gasteiger partial charge in [0.05, 0.1) is 12.9 Å². The first kappa shape index (κ1) is 26.3. The van der Waals surface area contributed by atoms with Crippen LogP contribution in [0.2, 0.25) is 0 Å². The molecule has 0 radical (unpaired) electrons. The summed E-state index contributed by atoms with van der Waals surface area (Å²) in [6, 6.07) is 0.856. The van der Waals surface area contributed by atoms with E-state index in [0.29, 0.717) is 48.0 Å². The zero-order valence-corrected chi connectivity index (χ0v) is 22.5. The molecule has 0 spiro atoms. The lowest BCUT2D eigenvalue weighted by Crippen LogP contribution is -2.52. The van der Waals surface area contributed by atoms with Gasteiger partial charge in [0.2, 0.25) is 0 Å². The highest BCUT2D eigenvalue weighted by atomic mass is 16.8. The topological polar surface area (TPSA) is 127 Å². The van der Waals surface area contributed by atoms with E-state index in [0.717, 1.165) is 32.2 Å². The summed E-state index contributed by atoms with van der Waals surface area (Å²) < 4.78 is 26.3. The first-order chi connectivity index (χ1) is 17.7. The predicted octanol–water partition coefficient (Wildman–Crippen LogP) is 3.05. The average molecular weight is 517 g/mol. The van der Waals surface area contributed by atoms with E-state index < -0.39 is 12.0 Å². The number of nitrogens with two attached hydrogens (primary N) is 1. The van der Waals surface area contributed by atoms with E-state index in [4.69, 9.17) is 24.7 Å². The first-order valence-corrected chi connectivity index (χ1v) is 13.5. The van der Waals surface area contributed by atoms with Gasteiger partial charge in [0.1, 0.15) is 30.2 Å². The van der Waals surface area contributed by atoms with Gasteiger partial charge in [-0.2, -0.15) is 0 Å². The van der Waals surface area contributed by atoms with Crippen LogP contribution < -0.4 is 5.73 Å². The van der Waals surface area contributed by atoms with Gasteiger partial charge in [-0.3, -0.25) is 14.3 Å². The van der Waals surface area contributed by atoms with Crippen molar-refractivity contribution in [2.45, 2.75) is 109 Å². The molecule has 3 fully saturated rings. The lowest BCUT2D eigenvalue weighted by Gasteiger charge is -2.46. The number of aromatic nitrogens is 4. The highest BCUT2D eigenvalue weighted by molar-refractivity contribution is 5.81. The molecule has 2 aliphatic heterocycles. The number of rotatable bonds is 10. The standard InChI is InChI=1S/C26H40N6O5/c1-6-34-19(33)9-7-8-16-10-17(11-16)31(15(2)3)12-18-21-22(37-26(4,5)36-21)25(35-18)32-14-30-20-23(27)28-13-29-24(20)32/h13-18,21-22,25H,6-12H2,1-5H3,(H2,27,28,29)/t16?,17?,18-,21-,22-,25-/m1/s1. The summed E-state index contributed by atoms with van der Waals surface area (Å²) in [5.41, 5.74) is 7.19. The van der Waals surface area contributed by atoms with Crippen LogP contribution in [-0.4, -0.2) is 79.7 Å². The molecule has 1 aliphatic carbocycles. The number of hydrogen-bond donors (Lipinski definition) is 1. The Morgan fingerprint density at radius 1 is 1.24 bits per heavy atom. The molecule has 5 rings (SSSR count). The van der Waals surface area contributed by atoms with Crippen LogP contribution >= 0.6 is 0 Å². The van der Waals surface area contributed by atoms with Crippen molar-refractivity contribution < 1.29 is 23.7 Å². The molecule has 2 saturated heterocycles. The molecular formula is C26H40N6O5. The van der Waals surface area contributed by atoms with Gasteiger partial charge in [-0.15, -0.1) is 0 Å². The molecule has 0 aromatic carbocycles. The number of imidazole rings is 1. The third kappa shape index (κ3) is 5.32. The number of anilines is 1. The van der Waals surface area contributed by atoms with E-state index in [2.05, 4.69) is 33.7 Å². The summed E-state index contributed by atoms with van der Waals surface area (Å²) in [6.45, 7) is 11.4. The fraction of sp³-hybridized carbons (Fsp3) is 0.769. The van der Waals surface area contributed by atoms with Crippen LogP contribution in [0, 0.1) is 5.92 Å². The fourth-order valence-corrected chi connectivity index (χ4v) is 6.05. The second kappa shape index (κ2) is 10.4. The van der Waals surface area contributed by atoms with Crippen LogP contribution in [0.1, 0.15) is 73.0 Å². The maximum Gasteiger partial charge on any atom is 0.305 e. The zero-order chi connectivity index (χ0) is 26.3. The van der Waals surface area contributed by atoms with Crippen LogP contribution in [0.4, 0.5) is 5.82 Å². The van der Waals surface area contributed by atoms with Crippen LogP contribution in [-0.2, 0) is 23.7 Å². The monoisotopic (exact) mass is 516 g/mol. The summed E-state index contributed by atoms with van der Waals surface area (Å²) >= 11 is 0. The number of nitrogen functional groups attached to an aromatic ring is 1. The van der Waals surface area contributed by atoms with Gasteiger partial charge in [-0.1, -0.05) is 0 Å². The summed E-state index contributed by atoms with van der Waals surface area (Å²) in [5.74, 6) is 0.194. The Labute approximate surface area is 218 Å². The van der Waals surface area contributed by atoms with Crippen LogP contribution in [0.5, 0.6) is 0 Å². The lowest BCUT2D eigenvalue weighted by atomic mass is 9.76. The number of carbonyl (C=O) groups excluding carboxylic acids is 1. The third-order valence-corrected chi connectivity index (χ3v) is 7.82. The minimum absolute atomic E-state index is 0.0915. The molecule has 1 saturated carbocycles. The van der Waals surface area contributed by atoms with Crippen LogP contribution in [0.15, 0.2) is 12.7 Å². The highest BCUT2D eigenvalue weighted by Crippen LogP contribution is 2.45. The Balaban J connectivity index is 1.25. The molecule has 0 amide bonds. The minimum atomic E-state index is -0.705. The van der Waals surface area contributed by atoms with Gasteiger partial charge in [-0.05, 0) is 66.2 Å². The number of fused-ring (bicyclic) bond motifs is 2. The molecule has 2 N–H and O–H groups in total. The number of esters is 1. The largest absolute Gasteiger partial charge is 0.466 e. The first-order valence-electron chi connectivity index (χ1n) is 13.5. The molecule has 37 heavy (non-hydrogen) atoms. The van der Waals surface area contributed by atoms with Gasteiger partial charge in [-0.25, -0.2) is 15.0 Å². The molecule has 204 valence electrons. The van der Waals surface area contributed by atoms with Crippen LogP contribution in [0.3, 0.4) is 0 Å². The highest BCUT2D eigenvalue weighted by Gasteiger charge is 2.56. The van der Waals surface area contributed by atoms with Gasteiger partial charge in [0.25, 0.3) is 0 Å². The number of hydrogen-bond acceptors (Lipinski definition) is 10. The number of ether oxygens (including phenoxy) is 4. The normalized spacial score (nSPS) is 30.7. The van der Waals surface area contributed by atoms with Crippen LogP contribution in [0.25, 0.3) is 11.2 Å². The number of nitrogens with zero attached hydrogens (tertiary/aromatic N) is 5. The second-order valence-electron chi connectivity index (χ2n) is 11.2. The maximum absolute atomic E-state index is 11.6. The average Bonchev–Trinajstić information content (AvgIpc) is 3.46. The van der Waals surface area contributed by atoms with Gasteiger partial charge < -0.3 is 24.7 Å². The van der Waals surface area contributed by atoms with Gasteiger partial charge >= 0.3 is 5.97 Å². The Bertz CT molecular complexity index is 1100. The molecule has 4 heterocycles. The van der Waals surface area contributed by atoms with Crippen molar-refractivity contribution in [2.24, 2.45) is 5.92 Å². The van der Waals surface area contributed by atoms with Crippen molar-refractivity contribution in [2.75, 3.05) is 18.9 Å². The van der Waals surface area contributed by atoms with Crippen molar-refractivity contribution >= 4 is 23.0 Å². The Hall–Kier alpha value is -2.34. The minimum Gasteiger partial charge on any atom is -0.466 e. The van der Waals surface area contributed by atoms with Crippen molar-refractivity contribution in [1.82, 2.24) is 24.4 Å². The van der Waals surface area contributed by atoms with Crippen molar-refractivity contribution in [1.29, 1.82) is 0 Å². The number of carbonyl (C=O) groups is 1. The van der Waals surface area contributed by atoms with E-state index in [1.807, 2.05) is 25.3 Å². The molecule has 3 aliphatic rings. The van der Waals surface area contributed by atoms with Crippen molar-refractivity contribution in [3.05, 3.63) is 12.7 Å². The molecule has 0 bridgehead atoms. The Morgan fingerprint density at radius 3 is 2.73 bits per heavy atom. The molecule has 11 heteroatoms. The summed E-state index contributed by atoms with van der Waals surface area (Å²) in [5, 5.41) is 0. The predicted molar refractivity (Wildman–Crippen MR) is 136 cm³/mol. The molecule has 2 aromatic rings. The quantitative estimate of drug-likeness (QED) is 0.471. The van der Waals surface area contributed by atoms with Gasteiger partial charge in [0.15, 0.2) is 23.5 Å². The van der Waals surface area contributed by atoms with Crippen molar-refractivity contribution in [3.63, 3.8) is 0 Å². The Morgan fingerprint density at radius 2 is 2.00 bits per heavy atom. The van der Waals surface area contributed by atoms with Crippen molar-refractivity contribution in [3.8, 4) is 0 Å². The molecule has 0 unspecified atom stereocenters. The SMILES string of the molecule is CCOC(=O)CCCC1CC(N(C[C@H]2O[C@@H](n3cnc4c(N)ncnc43)[C@@H]3OC(C)(C)O[C@@H]32)C(C)C)C1. The summed E-state index contributed by atoms with van der Waals surface area (Å²) in [4.78, 5) is 27.1. The maximum atomic E-state index is 11.6. The molecule has 4 atom stereocenters.